The molecule has 22 heavy (non-hydrogen) atoms. The molecule has 0 aromatic heterocycles. The Morgan fingerprint density at radius 2 is 2.05 bits per heavy atom. The first-order chi connectivity index (χ1) is 10.6. The summed E-state index contributed by atoms with van der Waals surface area (Å²) in [7, 11) is 0. The Morgan fingerprint density at radius 3 is 2.73 bits per heavy atom. The zero-order valence-electron chi connectivity index (χ0n) is 14.0. The van der Waals surface area contributed by atoms with Crippen molar-refractivity contribution < 1.29 is 4.79 Å². The monoisotopic (exact) mass is 302 g/mol. The van der Waals surface area contributed by atoms with Crippen molar-refractivity contribution in [3.05, 3.63) is 35.9 Å². The third-order valence-electron chi connectivity index (χ3n) is 4.75. The van der Waals surface area contributed by atoms with Gasteiger partial charge < -0.3 is 10.6 Å². The molecule has 0 radical (unpaired) electrons. The Morgan fingerprint density at radius 1 is 1.32 bits per heavy atom. The van der Waals surface area contributed by atoms with Crippen molar-refractivity contribution in [1.82, 2.24) is 4.90 Å². The van der Waals surface area contributed by atoms with Crippen LogP contribution < -0.4 is 5.73 Å². The van der Waals surface area contributed by atoms with Crippen LogP contribution >= 0.6 is 0 Å². The van der Waals surface area contributed by atoms with Crippen LogP contribution in [0, 0.1) is 11.8 Å². The van der Waals surface area contributed by atoms with Gasteiger partial charge in [0.05, 0.1) is 6.04 Å². The van der Waals surface area contributed by atoms with Crippen LogP contribution in [0.4, 0.5) is 0 Å². The number of rotatable bonds is 6. The van der Waals surface area contributed by atoms with E-state index in [4.69, 9.17) is 5.73 Å². The molecule has 0 saturated carbocycles. The minimum Gasteiger partial charge on any atom is -0.341 e. The first-order valence-corrected chi connectivity index (χ1v) is 8.66. The number of likely N-dealkylation sites (tertiary alicyclic amines) is 1. The zero-order valence-corrected chi connectivity index (χ0v) is 14.0. The number of hydrogen-bond acceptors (Lipinski definition) is 2. The summed E-state index contributed by atoms with van der Waals surface area (Å²) in [4.78, 5) is 14.4. The van der Waals surface area contributed by atoms with Crippen molar-refractivity contribution in [1.29, 1.82) is 0 Å². The van der Waals surface area contributed by atoms with Crippen LogP contribution in [0.3, 0.4) is 0 Å². The summed E-state index contributed by atoms with van der Waals surface area (Å²) < 4.78 is 0. The van der Waals surface area contributed by atoms with Gasteiger partial charge in [-0.15, -0.1) is 0 Å². The van der Waals surface area contributed by atoms with Crippen LogP contribution in [0.1, 0.15) is 45.1 Å². The number of benzene rings is 1. The molecule has 2 atom stereocenters. The Labute approximate surface area is 134 Å². The van der Waals surface area contributed by atoms with Gasteiger partial charge in [-0.05, 0) is 49.5 Å². The molecule has 1 heterocycles. The summed E-state index contributed by atoms with van der Waals surface area (Å²) in [5.74, 6) is 0.995. The summed E-state index contributed by atoms with van der Waals surface area (Å²) in [6.45, 7) is 5.82. The van der Waals surface area contributed by atoms with Gasteiger partial charge in [0.1, 0.15) is 0 Å². The van der Waals surface area contributed by atoms with Gasteiger partial charge >= 0.3 is 0 Å². The van der Waals surface area contributed by atoms with Gasteiger partial charge in [0, 0.05) is 13.1 Å². The van der Waals surface area contributed by atoms with Crippen LogP contribution in [-0.2, 0) is 11.2 Å². The molecule has 0 aliphatic carbocycles. The first-order valence-electron chi connectivity index (χ1n) is 8.66. The van der Waals surface area contributed by atoms with Gasteiger partial charge in [0.2, 0.25) is 5.91 Å². The van der Waals surface area contributed by atoms with Gasteiger partial charge in [-0.25, -0.2) is 0 Å². The molecule has 0 bridgehead atoms. The van der Waals surface area contributed by atoms with Crippen LogP contribution in [0.15, 0.2) is 30.3 Å². The minimum atomic E-state index is -0.344. The lowest BCUT2D eigenvalue weighted by molar-refractivity contribution is -0.135. The maximum Gasteiger partial charge on any atom is 0.239 e. The lowest BCUT2D eigenvalue weighted by Gasteiger charge is -2.35. The van der Waals surface area contributed by atoms with Crippen LogP contribution in [0.25, 0.3) is 0 Å². The maximum absolute atomic E-state index is 12.4. The number of piperidine rings is 1. The van der Waals surface area contributed by atoms with Crippen molar-refractivity contribution in [3.8, 4) is 0 Å². The highest BCUT2D eigenvalue weighted by molar-refractivity contribution is 5.82. The number of nitrogens with two attached hydrogens (primary N) is 1. The first kappa shape index (κ1) is 17.0. The van der Waals surface area contributed by atoms with Gasteiger partial charge in [-0.1, -0.05) is 44.2 Å². The number of carbonyl (C=O) groups is 1. The third-order valence-corrected chi connectivity index (χ3v) is 4.75. The average Bonchev–Trinajstić information content (AvgIpc) is 2.54. The molecule has 1 amide bonds. The molecule has 3 heteroatoms. The van der Waals surface area contributed by atoms with E-state index in [9.17, 15) is 4.79 Å². The number of amides is 1. The smallest absolute Gasteiger partial charge is 0.239 e. The second kappa shape index (κ2) is 8.33. The zero-order chi connectivity index (χ0) is 15.9. The summed E-state index contributed by atoms with van der Waals surface area (Å²) in [5, 5.41) is 0. The molecule has 1 unspecified atom stereocenters. The molecule has 1 aromatic carbocycles. The molecule has 3 nitrogen and oxygen atoms in total. The average molecular weight is 302 g/mol. The highest BCUT2D eigenvalue weighted by atomic mass is 16.2. The Hall–Kier alpha value is -1.35. The maximum atomic E-state index is 12.4. The fraction of sp³-hybridized carbons (Fsp3) is 0.632. The quantitative estimate of drug-likeness (QED) is 0.877. The molecule has 1 saturated heterocycles. The van der Waals surface area contributed by atoms with Crippen molar-refractivity contribution in [2.75, 3.05) is 13.1 Å². The molecule has 1 aromatic rings. The van der Waals surface area contributed by atoms with E-state index in [0.717, 1.165) is 25.9 Å². The number of carbonyl (C=O) groups excluding carboxylic acids is 1. The molecule has 1 aliphatic heterocycles. The number of aryl methyl sites for hydroxylation is 1. The van der Waals surface area contributed by atoms with Crippen molar-refractivity contribution in [2.45, 2.75) is 52.0 Å². The summed E-state index contributed by atoms with van der Waals surface area (Å²) >= 11 is 0. The standard InChI is InChI=1S/C19H30N2O/c1-15(2)18(20)19(22)21-13-7-12-17(14-21)11-6-10-16-8-4-3-5-9-16/h3-5,8-9,15,17-18H,6-7,10-14,20H2,1-2H3/t17?,18-/m0/s1. The molecule has 122 valence electrons. The molecule has 2 N–H and O–H groups in total. The molecule has 0 spiro atoms. The Kier molecular flexibility index (Phi) is 6.44. The van der Waals surface area contributed by atoms with E-state index in [1.165, 1.54) is 24.8 Å². The minimum absolute atomic E-state index is 0.141. The predicted molar refractivity (Wildman–Crippen MR) is 91.5 cm³/mol. The SMILES string of the molecule is CC(C)[C@H](N)C(=O)N1CCCC(CCCc2ccccc2)C1. The lowest BCUT2D eigenvalue weighted by Crippen LogP contribution is -2.50. The van der Waals surface area contributed by atoms with Crippen LogP contribution in [0.2, 0.25) is 0 Å². The second-order valence-electron chi connectivity index (χ2n) is 6.94. The van der Waals surface area contributed by atoms with E-state index in [-0.39, 0.29) is 17.9 Å². The van der Waals surface area contributed by atoms with Gasteiger partial charge in [0.15, 0.2) is 0 Å². The normalized spacial score (nSPS) is 20.2. The molecule has 1 aliphatic rings. The van der Waals surface area contributed by atoms with E-state index in [0.29, 0.717) is 5.92 Å². The van der Waals surface area contributed by atoms with E-state index in [1.807, 2.05) is 18.7 Å². The topological polar surface area (TPSA) is 46.3 Å². The second-order valence-corrected chi connectivity index (χ2v) is 6.94. The van der Waals surface area contributed by atoms with Crippen molar-refractivity contribution in [2.24, 2.45) is 17.6 Å². The van der Waals surface area contributed by atoms with E-state index in [1.54, 1.807) is 0 Å². The highest BCUT2D eigenvalue weighted by Crippen LogP contribution is 2.23. The fourth-order valence-electron chi connectivity index (χ4n) is 3.24. The Bertz CT molecular complexity index is 458. The van der Waals surface area contributed by atoms with Crippen molar-refractivity contribution in [3.63, 3.8) is 0 Å². The molecule has 2 rings (SSSR count). The van der Waals surface area contributed by atoms with Gasteiger partial charge in [0.25, 0.3) is 0 Å². The summed E-state index contributed by atoms with van der Waals surface area (Å²) in [5.41, 5.74) is 7.43. The largest absolute Gasteiger partial charge is 0.341 e. The highest BCUT2D eigenvalue weighted by Gasteiger charge is 2.28. The molecular formula is C19H30N2O. The van der Waals surface area contributed by atoms with E-state index < -0.39 is 0 Å². The Balaban J connectivity index is 1.77. The summed E-state index contributed by atoms with van der Waals surface area (Å²) in [6, 6.07) is 10.3. The third kappa shape index (κ3) is 4.84. The fourth-order valence-corrected chi connectivity index (χ4v) is 3.24. The lowest BCUT2D eigenvalue weighted by atomic mass is 9.91. The van der Waals surface area contributed by atoms with Gasteiger partial charge in [-0.3, -0.25) is 4.79 Å². The van der Waals surface area contributed by atoms with Crippen LogP contribution in [0.5, 0.6) is 0 Å². The van der Waals surface area contributed by atoms with Gasteiger partial charge in [-0.2, -0.15) is 0 Å². The molecule has 1 fully saturated rings. The number of hydrogen-bond donors (Lipinski definition) is 1. The molecular weight excluding hydrogens is 272 g/mol. The summed E-state index contributed by atoms with van der Waals surface area (Å²) in [6.07, 6.45) is 5.90. The van der Waals surface area contributed by atoms with E-state index in [2.05, 4.69) is 30.3 Å². The predicted octanol–water partition coefficient (Wildman–Crippen LogP) is 3.23. The van der Waals surface area contributed by atoms with Crippen LogP contribution in [-0.4, -0.2) is 29.9 Å². The van der Waals surface area contributed by atoms with E-state index >= 15 is 0 Å². The van der Waals surface area contributed by atoms with Crippen molar-refractivity contribution >= 4 is 5.91 Å². The number of nitrogens with zero attached hydrogens (tertiary/aromatic N) is 1.